The molecule has 0 unspecified atom stereocenters. The Morgan fingerprint density at radius 2 is 2.22 bits per heavy atom. The molecule has 1 N–H and O–H groups in total. The number of benzene rings is 1. The van der Waals surface area contributed by atoms with Gasteiger partial charge in [0, 0.05) is 13.1 Å². The van der Waals surface area contributed by atoms with Gasteiger partial charge in [-0.1, -0.05) is 37.7 Å². The average molecular weight is 337 g/mol. The fourth-order valence-corrected chi connectivity index (χ4v) is 2.68. The van der Waals surface area contributed by atoms with E-state index in [0.717, 1.165) is 5.56 Å². The van der Waals surface area contributed by atoms with Crippen LogP contribution in [0.15, 0.2) is 23.4 Å². The van der Waals surface area contributed by atoms with Gasteiger partial charge in [-0.25, -0.2) is 9.07 Å². The normalized spacial score (nSPS) is 11.0. The fourth-order valence-electron chi connectivity index (χ4n) is 1.96. The largest absolute Gasteiger partial charge is 0.351 e. The molecule has 0 radical (unpaired) electrons. The van der Waals surface area contributed by atoms with E-state index in [1.165, 1.54) is 17.8 Å². The highest BCUT2D eigenvalue weighted by Gasteiger charge is 2.11. The Bertz CT molecular complexity index is 674. The van der Waals surface area contributed by atoms with Gasteiger partial charge in [0.2, 0.25) is 11.1 Å². The molecule has 1 heterocycles. The van der Waals surface area contributed by atoms with E-state index in [-0.39, 0.29) is 17.5 Å². The number of hydrogen-bond donors (Lipinski definition) is 1. The summed E-state index contributed by atoms with van der Waals surface area (Å²) in [6.45, 7) is 6.94. The summed E-state index contributed by atoms with van der Waals surface area (Å²) in [7, 11) is 0. The van der Waals surface area contributed by atoms with Crippen molar-refractivity contribution >= 4 is 17.7 Å². The lowest BCUT2D eigenvalue weighted by Gasteiger charge is -2.08. The van der Waals surface area contributed by atoms with E-state index in [0.29, 0.717) is 29.7 Å². The quantitative estimate of drug-likeness (QED) is 0.784. The van der Waals surface area contributed by atoms with Gasteiger partial charge in [-0.05, 0) is 40.5 Å². The number of hydrogen-bond acceptors (Lipinski definition) is 5. The minimum Gasteiger partial charge on any atom is -0.351 e. The second-order valence-corrected chi connectivity index (χ2v) is 6.63. The fraction of sp³-hybridized carbons (Fsp3) is 0.467. The third-order valence-corrected chi connectivity index (χ3v) is 4.04. The average Bonchev–Trinajstić information content (AvgIpc) is 2.92. The molecule has 1 aromatic heterocycles. The van der Waals surface area contributed by atoms with E-state index in [1.807, 2.05) is 0 Å². The first-order chi connectivity index (χ1) is 11.0. The zero-order valence-corrected chi connectivity index (χ0v) is 14.2. The second kappa shape index (κ2) is 8.05. The molecule has 1 aromatic carbocycles. The SMILES string of the molecule is Cc1cc(CNC(=O)CSc2nnnn2CC(C)C)ccc1F. The zero-order valence-electron chi connectivity index (χ0n) is 13.4. The van der Waals surface area contributed by atoms with Crippen molar-refractivity contribution in [3.63, 3.8) is 0 Å². The van der Waals surface area contributed by atoms with Crippen LogP contribution in [-0.2, 0) is 17.9 Å². The standard InChI is InChI=1S/C15H20FN5OS/c1-10(2)8-21-15(18-19-20-21)23-9-14(22)17-7-12-4-5-13(16)11(3)6-12/h4-6,10H,7-9H2,1-3H3,(H,17,22). The lowest BCUT2D eigenvalue weighted by atomic mass is 10.1. The Balaban J connectivity index is 1.81. The lowest BCUT2D eigenvalue weighted by molar-refractivity contribution is -0.118. The number of thioether (sulfide) groups is 1. The maximum absolute atomic E-state index is 13.2. The second-order valence-electron chi connectivity index (χ2n) is 5.69. The van der Waals surface area contributed by atoms with E-state index in [9.17, 15) is 9.18 Å². The summed E-state index contributed by atoms with van der Waals surface area (Å²) in [5.74, 6) is 0.302. The van der Waals surface area contributed by atoms with Gasteiger partial charge in [-0.15, -0.1) is 5.10 Å². The van der Waals surface area contributed by atoms with Crippen LogP contribution in [0, 0.1) is 18.7 Å². The molecule has 0 spiro atoms. The Kier molecular flexibility index (Phi) is 6.09. The number of carbonyl (C=O) groups excluding carboxylic acids is 1. The van der Waals surface area contributed by atoms with Gasteiger partial charge < -0.3 is 5.32 Å². The van der Waals surface area contributed by atoms with E-state index >= 15 is 0 Å². The van der Waals surface area contributed by atoms with Gasteiger partial charge in [0.1, 0.15) is 5.82 Å². The Morgan fingerprint density at radius 3 is 2.91 bits per heavy atom. The molecule has 1 amide bonds. The van der Waals surface area contributed by atoms with Crippen LogP contribution in [-0.4, -0.2) is 31.9 Å². The van der Waals surface area contributed by atoms with E-state index in [4.69, 9.17) is 0 Å². The van der Waals surface area contributed by atoms with Crippen molar-refractivity contribution in [1.29, 1.82) is 0 Å². The Morgan fingerprint density at radius 1 is 1.43 bits per heavy atom. The smallest absolute Gasteiger partial charge is 0.230 e. The van der Waals surface area contributed by atoms with Crippen LogP contribution in [0.3, 0.4) is 0 Å². The van der Waals surface area contributed by atoms with Gasteiger partial charge in [-0.2, -0.15) is 0 Å². The van der Waals surface area contributed by atoms with E-state index in [2.05, 4.69) is 34.7 Å². The van der Waals surface area contributed by atoms with Crippen LogP contribution in [0.1, 0.15) is 25.0 Å². The molecule has 2 rings (SSSR count). The summed E-state index contributed by atoms with van der Waals surface area (Å²) in [6.07, 6.45) is 0. The number of amides is 1. The predicted molar refractivity (Wildman–Crippen MR) is 86.4 cm³/mol. The van der Waals surface area contributed by atoms with Gasteiger partial charge in [0.15, 0.2) is 0 Å². The number of aromatic nitrogens is 4. The first-order valence-corrected chi connectivity index (χ1v) is 8.35. The number of nitrogens with one attached hydrogen (secondary N) is 1. The summed E-state index contributed by atoms with van der Waals surface area (Å²) in [4.78, 5) is 11.9. The van der Waals surface area contributed by atoms with Crippen LogP contribution in [0.2, 0.25) is 0 Å². The number of aryl methyl sites for hydroxylation is 1. The molecule has 6 nitrogen and oxygen atoms in total. The molecule has 23 heavy (non-hydrogen) atoms. The highest BCUT2D eigenvalue weighted by atomic mass is 32.2. The number of halogens is 1. The molecule has 0 aliphatic carbocycles. The maximum atomic E-state index is 13.2. The summed E-state index contributed by atoms with van der Waals surface area (Å²) >= 11 is 1.30. The third-order valence-electron chi connectivity index (χ3n) is 3.08. The molecule has 124 valence electrons. The van der Waals surface area contributed by atoms with Crippen molar-refractivity contribution in [1.82, 2.24) is 25.5 Å². The number of nitrogens with zero attached hydrogens (tertiary/aromatic N) is 4. The number of carbonyl (C=O) groups is 1. The monoisotopic (exact) mass is 337 g/mol. The lowest BCUT2D eigenvalue weighted by Crippen LogP contribution is -2.24. The van der Waals surface area contributed by atoms with Crippen LogP contribution in [0.25, 0.3) is 0 Å². The van der Waals surface area contributed by atoms with Crippen LogP contribution < -0.4 is 5.32 Å². The highest BCUT2D eigenvalue weighted by Crippen LogP contribution is 2.14. The van der Waals surface area contributed by atoms with Crippen molar-refractivity contribution in [3.05, 3.63) is 35.1 Å². The van der Waals surface area contributed by atoms with Crippen LogP contribution in [0.5, 0.6) is 0 Å². The Hall–Kier alpha value is -1.96. The first-order valence-electron chi connectivity index (χ1n) is 7.36. The van der Waals surface area contributed by atoms with E-state index in [1.54, 1.807) is 23.7 Å². The van der Waals surface area contributed by atoms with Crippen LogP contribution in [0.4, 0.5) is 4.39 Å². The summed E-state index contributed by atoms with van der Waals surface area (Å²) < 4.78 is 14.9. The van der Waals surface area contributed by atoms with Gasteiger partial charge in [-0.3, -0.25) is 4.79 Å². The molecule has 0 saturated carbocycles. The summed E-state index contributed by atoms with van der Waals surface area (Å²) in [6, 6.07) is 4.80. The summed E-state index contributed by atoms with van der Waals surface area (Å²) in [5.41, 5.74) is 1.44. The predicted octanol–water partition coefficient (Wildman–Crippen LogP) is 2.19. The number of rotatable bonds is 7. The van der Waals surface area contributed by atoms with Crippen LogP contribution >= 0.6 is 11.8 Å². The molecular formula is C15H20FN5OS. The van der Waals surface area contributed by atoms with Gasteiger partial charge in [0.25, 0.3) is 0 Å². The number of tetrazole rings is 1. The van der Waals surface area contributed by atoms with Gasteiger partial charge >= 0.3 is 0 Å². The van der Waals surface area contributed by atoms with Crippen molar-refractivity contribution < 1.29 is 9.18 Å². The van der Waals surface area contributed by atoms with Crippen molar-refractivity contribution in [3.8, 4) is 0 Å². The maximum Gasteiger partial charge on any atom is 0.230 e. The topological polar surface area (TPSA) is 72.7 Å². The zero-order chi connectivity index (χ0) is 16.8. The molecule has 0 fully saturated rings. The van der Waals surface area contributed by atoms with E-state index < -0.39 is 0 Å². The first kappa shape index (κ1) is 17.4. The molecular weight excluding hydrogens is 317 g/mol. The molecule has 0 bridgehead atoms. The molecule has 0 aliphatic rings. The Labute approximate surface area is 138 Å². The van der Waals surface area contributed by atoms with Gasteiger partial charge in [0.05, 0.1) is 5.75 Å². The molecule has 8 heteroatoms. The van der Waals surface area contributed by atoms with Crippen molar-refractivity contribution in [2.45, 2.75) is 39.0 Å². The third kappa shape index (κ3) is 5.31. The minimum absolute atomic E-state index is 0.115. The molecule has 0 saturated heterocycles. The molecule has 0 aliphatic heterocycles. The van der Waals surface area contributed by atoms with Crippen molar-refractivity contribution in [2.24, 2.45) is 5.92 Å². The molecule has 2 aromatic rings. The van der Waals surface area contributed by atoms with Crippen molar-refractivity contribution in [2.75, 3.05) is 5.75 Å². The molecule has 0 atom stereocenters. The highest BCUT2D eigenvalue weighted by molar-refractivity contribution is 7.99. The summed E-state index contributed by atoms with van der Waals surface area (Å²) in [5, 5.41) is 14.9. The minimum atomic E-state index is -0.243.